The van der Waals surface area contributed by atoms with Gasteiger partial charge in [-0.05, 0) is 61.7 Å². The van der Waals surface area contributed by atoms with E-state index < -0.39 is 5.60 Å². The topological polar surface area (TPSA) is 69.0 Å². The lowest BCUT2D eigenvalue weighted by atomic mass is 9.96. The first-order valence-corrected chi connectivity index (χ1v) is 12.5. The lowest BCUT2D eigenvalue weighted by Gasteiger charge is -2.27. The highest BCUT2D eigenvalue weighted by molar-refractivity contribution is 6.42. The van der Waals surface area contributed by atoms with Crippen molar-refractivity contribution in [3.8, 4) is 17.2 Å². The molecule has 9 heteroatoms. The maximum Gasteiger partial charge on any atom is 0.161 e. The Hall–Kier alpha value is -2.45. The van der Waals surface area contributed by atoms with Gasteiger partial charge in [0, 0.05) is 31.5 Å². The molecule has 1 aliphatic rings. The number of aliphatic hydroxyl groups is 1. The fraction of sp³-hybridized carbons (Fsp3) is 0.423. The minimum atomic E-state index is -0.887. The van der Waals surface area contributed by atoms with Gasteiger partial charge in [-0.15, -0.1) is 0 Å². The molecule has 35 heavy (non-hydrogen) atoms. The van der Waals surface area contributed by atoms with E-state index in [-0.39, 0.29) is 6.61 Å². The molecule has 1 saturated heterocycles. The van der Waals surface area contributed by atoms with E-state index in [1.165, 1.54) is 0 Å². The first-order chi connectivity index (χ1) is 16.9. The van der Waals surface area contributed by atoms with Crippen LogP contribution in [-0.2, 0) is 13.1 Å². The SMILES string of the molecule is COc1ccc(CN2CCC[C@](O)(COc3ccc(Cl)c(Cl)c3)CC2)cc1OCCn1cccn1. The van der Waals surface area contributed by atoms with E-state index in [2.05, 4.69) is 16.1 Å². The summed E-state index contributed by atoms with van der Waals surface area (Å²) < 4.78 is 19.2. The third-order valence-corrected chi connectivity index (χ3v) is 6.92. The molecule has 1 aromatic heterocycles. The van der Waals surface area contributed by atoms with Gasteiger partial charge in [-0.25, -0.2) is 0 Å². The number of rotatable bonds is 10. The normalized spacial score (nSPS) is 18.7. The van der Waals surface area contributed by atoms with Gasteiger partial charge in [-0.2, -0.15) is 5.10 Å². The van der Waals surface area contributed by atoms with Crippen LogP contribution in [0.4, 0.5) is 0 Å². The van der Waals surface area contributed by atoms with Crippen LogP contribution in [0.3, 0.4) is 0 Å². The highest BCUT2D eigenvalue weighted by atomic mass is 35.5. The van der Waals surface area contributed by atoms with Crippen molar-refractivity contribution in [2.24, 2.45) is 0 Å². The Balaban J connectivity index is 1.31. The highest BCUT2D eigenvalue weighted by Crippen LogP contribution is 2.31. The van der Waals surface area contributed by atoms with Gasteiger partial charge >= 0.3 is 0 Å². The summed E-state index contributed by atoms with van der Waals surface area (Å²) in [5, 5.41) is 16.3. The molecule has 0 bridgehead atoms. The van der Waals surface area contributed by atoms with E-state index >= 15 is 0 Å². The molecule has 0 aliphatic carbocycles. The molecule has 2 heterocycles. The van der Waals surface area contributed by atoms with Crippen molar-refractivity contribution >= 4 is 23.2 Å². The number of aromatic nitrogens is 2. The molecule has 188 valence electrons. The van der Waals surface area contributed by atoms with Crippen molar-refractivity contribution in [1.29, 1.82) is 0 Å². The zero-order chi connectivity index (χ0) is 24.7. The van der Waals surface area contributed by atoms with Crippen LogP contribution < -0.4 is 14.2 Å². The predicted molar refractivity (Wildman–Crippen MR) is 137 cm³/mol. The van der Waals surface area contributed by atoms with Gasteiger partial charge in [0.15, 0.2) is 11.5 Å². The Bertz CT molecular complexity index is 1100. The Labute approximate surface area is 216 Å². The van der Waals surface area contributed by atoms with Gasteiger partial charge in [-0.1, -0.05) is 29.3 Å². The Morgan fingerprint density at radius 3 is 2.69 bits per heavy atom. The summed E-state index contributed by atoms with van der Waals surface area (Å²) in [6.45, 7) is 3.81. The number of halogens is 2. The summed E-state index contributed by atoms with van der Waals surface area (Å²) in [6.07, 6.45) is 5.84. The van der Waals surface area contributed by atoms with Crippen LogP contribution in [0.5, 0.6) is 17.2 Å². The maximum atomic E-state index is 11.2. The first-order valence-electron chi connectivity index (χ1n) is 11.7. The third-order valence-electron chi connectivity index (χ3n) is 6.18. The molecule has 2 aromatic carbocycles. The molecular weight excluding hydrogens is 489 g/mol. The Morgan fingerprint density at radius 2 is 1.91 bits per heavy atom. The van der Waals surface area contributed by atoms with Crippen molar-refractivity contribution in [3.63, 3.8) is 0 Å². The average Bonchev–Trinajstić information content (AvgIpc) is 3.30. The summed E-state index contributed by atoms with van der Waals surface area (Å²) in [6, 6.07) is 13.1. The summed E-state index contributed by atoms with van der Waals surface area (Å²) >= 11 is 12.0. The molecule has 3 aromatic rings. The second-order valence-corrected chi connectivity index (χ2v) is 9.64. The van der Waals surface area contributed by atoms with E-state index in [9.17, 15) is 5.11 Å². The van der Waals surface area contributed by atoms with Crippen LogP contribution in [0.2, 0.25) is 10.0 Å². The molecule has 1 aliphatic heterocycles. The number of ether oxygens (including phenoxy) is 3. The zero-order valence-electron chi connectivity index (χ0n) is 19.8. The monoisotopic (exact) mass is 519 g/mol. The smallest absolute Gasteiger partial charge is 0.161 e. The minimum absolute atomic E-state index is 0.218. The Kier molecular flexibility index (Phi) is 8.78. The third kappa shape index (κ3) is 7.27. The number of hydrogen-bond acceptors (Lipinski definition) is 6. The number of methoxy groups -OCH3 is 1. The van der Waals surface area contributed by atoms with E-state index in [1.807, 2.05) is 29.1 Å². The summed E-state index contributed by atoms with van der Waals surface area (Å²) in [7, 11) is 1.64. The van der Waals surface area contributed by atoms with E-state index in [1.54, 1.807) is 31.5 Å². The molecule has 1 N–H and O–H groups in total. The summed E-state index contributed by atoms with van der Waals surface area (Å²) in [4.78, 5) is 2.35. The second-order valence-electron chi connectivity index (χ2n) is 8.82. The highest BCUT2D eigenvalue weighted by Gasteiger charge is 2.31. The number of hydrogen-bond donors (Lipinski definition) is 1. The summed E-state index contributed by atoms with van der Waals surface area (Å²) in [5.74, 6) is 2.03. The lowest BCUT2D eigenvalue weighted by Crippen LogP contribution is -2.37. The predicted octanol–water partition coefficient (Wildman–Crippen LogP) is 5.07. The van der Waals surface area contributed by atoms with Crippen molar-refractivity contribution in [2.45, 2.75) is 38.0 Å². The average molecular weight is 520 g/mol. The van der Waals surface area contributed by atoms with Crippen LogP contribution in [0, 0.1) is 0 Å². The molecule has 0 spiro atoms. The van der Waals surface area contributed by atoms with E-state index in [0.717, 1.165) is 37.4 Å². The molecule has 1 fully saturated rings. The lowest BCUT2D eigenvalue weighted by molar-refractivity contribution is -0.0168. The van der Waals surface area contributed by atoms with Crippen LogP contribution >= 0.6 is 23.2 Å². The molecule has 7 nitrogen and oxygen atoms in total. The van der Waals surface area contributed by atoms with Gasteiger partial charge in [-0.3, -0.25) is 9.58 Å². The van der Waals surface area contributed by atoms with Crippen molar-refractivity contribution < 1.29 is 19.3 Å². The standard InChI is InChI=1S/C26H31Cl2N3O4/c1-33-24-7-4-20(16-25(24)34-15-14-31-12-3-10-29-31)18-30-11-2-8-26(32,9-13-30)19-35-21-5-6-22(27)23(28)17-21/h3-7,10,12,16-17,32H,2,8-9,11,13-15,18-19H2,1H3/t26-/m1/s1. The molecule has 0 radical (unpaired) electrons. The number of likely N-dealkylation sites (tertiary alicyclic amines) is 1. The van der Waals surface area contributed by atoms with Gasteiger partial charge in [0.25, 0.3) is 0 Å². The zero-order valence-corrected chi connectivity index (χ0v) is 21.3. The maximum absolute atomic E-state index is 11.2. The molecule has 0 amide bonds. The second kappa shape index (κ2) is 12.0. The van der Waals surface area contributed by atoms with Crippen molar-refractivity contribution in [3.05, 3.63) is 70.5 Å². The van der Waals surface area contributed by atoms with Crippen LogP contribution in [-0.4, -0.2) is 58.8 Å². The molecule has 0 saturated carbocycles. The molecule has 1 atom stereocenters. The van der Waals surface area contributed by atoms with E-state index in [0.29, 0.717) is 47.5 Å². The van der Waals surface area contributed by atoms with Crippen molar-refractivity contribution in [2.75, 3.05) is 33.4 Å². The fourth-order valence-corrected chi connectivity index (χ4v) is 4.48. The van der Waals surface area contributed by atoms with Crippen LogP contribution in [0.1, 0.15) is 24.8 Å². The fourth-order valence-electron chi connectivity index (χ4n) is 4.19. The minimum Gasteiger partial charge on any atom is -0.493 e. The van der Waals surface area contributed by atoms with Crippen molar-refractivity contribution in [1.82, 2.24) is 14.7 Å². The van der Waals surface area contributed by atoms with Gasteiger partial charge in [0.2, 0.25) is 0 Å². The molecule has 0 unspecified atom stereocenters. The van der Waals surface area contributed by atoms with Gasteiger partial charge in [0.1, 0.15) is 19.0 Å². The van der Waals surface area contributed by atoms with E-state index in [4.69, 9.17) is 37.4 Å². The quantitative estimate of drug-likeness (QED) is 0.403. The Morgan fingerprint density at radius 1 is 1.03 bits per heavy atom. The largest absolute Gasteiger partial charge is 0.493 e. The van der Waals surface area contributed by atoms with Gasteiger partial charge in [0.05, 0.1) is 29.3 Å². The summed E-state index contributed by atoms with van der Waals surface area (Å²) in [5.41, 5.74) is 0.249. The first kappa shape index (κ1) is 25.6. The molecular formula is C26H31Cl2N3O4. The van der Waals surface area contributed by atoms with Crippen LogP contribution in [0.25, 0.3) is 0 Å². The van der Waals surface area contributed by atoms with Crippen LogP contribution in [0.15, 0.2) is 54.9 Å². The molecule has 4 rings (SSSR count). The number of benzene rings is 2. The van der Waals surface area contributed by atoms with Gasteiger partial charge < -0.3 is 19.3 Å². The number of nitrogens with zero attached hydrogens (tertiary/aromatic N) is 3.